The third kappa shape index (κ3) is 12.2. The summed E-state index contributed by atoms with van der Waals surface area (Å²) < 4.78 is 0. The van der Waals surface area contributed by atoms with E-state index in [4.69, 9.17) is 10.4 Å². The van der Waals surface area contributed by atoms with Crippen LogP contribution < -0.4 is 0 Å². The molecule has 0 aliphatic carbocycles. The summed E-state index contributed by atoms with van der Waals surface area (Å²) in [7, 11) is 0. The highest BCUT2D eigenvalue weighted by atomic mass is 17.1. The van der Waals surface area contributed by atoms with Gasteiger partial charge in [0.05, 0.1) is 0 Å². The number of rotatable bonds is 2. The first-order chi connectivity index (χ1) is 10.3. The molecule has 0 atom stereocenters. The molecule has 0 aliphatic rings. The molecule has 3 heteroatoms. The first kappa shape index (κ1) is 23.2. The van der Waals surface area contributed by atoms with E-state index in [9.17, 15) is 0 Å². The fourth-order valence-electron chi connectivity index (χ4n) is 1.32. The molecule has 0 heterocycles. The number of hydrogen-bond donors (Lipinski definition) is 2. The van der Waals surface area contributed by atoms with E-state index in [0.717, 1.165) is 5.56 Å². The van der Waals surface area contributed by atoms with Crippen LogP contribution in [0.25, 0.3) is 0 Å². The highest BCUT2D eigenvalue weighted by Gasteiger charge is 2.20. The summed E-state index contributed by atoms with van der Waals surface area (Å²) in [5.74, 6) is 0.322. The number of aromatic hydroxyl groups is 1. The summed E-state index contributed by atoms with van der Waals surface area (Å²) >= 11 is 0. The fourth-order valence-corrected chi connectivity index (χ4v) is 1.32. The Labute approximate surface area is 140 Å². The van der Waals surface area contributed by atoms with Gasteiger partial charge in [-0.15, -0.1) is 6.58 Å². The minimum absolute atomic E-state index is 0. The minimum Gasteiger partial charge on any atom is -0.508 e. The van der Waals surface area contributed by atoms with Crippen LogP contribution in [-0.4, -0.2) is 10.4 Å². The zero-order valence-corrected chi connectivity index (χ0v) is 13.8. The molecular weight excluding hydrogens is 288 g/mol. The maximum absolute atomic E-state index is 8.63. The van der Waals surface area contributed by atoms with Crippen molar-refractivity contribution in [3.8, 4) is 5.75 Å². The van der Waals surface area contributed by atoms with Gasteiger partial charge >= 0.3 is 0 Å². The van der Waals surface area contributed by atoms with Crippen molar-refractivity contribution in [3.63, 3.8) is 0 Å². The smallest absolute Gasteiger partial charge is 0.123 e. The molecule has 0 unspecified atom stereocenters. The lowest BCUT2D eigenvalue weighted by atomic mass is 9.99. The van der Waals surface area contributed by atoms with Gasteiger partial charge in [0.1, 0.15) is 11.4 Å². The van der Waals surface area contributed by atoms with Gasteiger partial charge in [0.2, 0.25) is 0 Å². The Bertz CT molecular complexity index is 515. The predicted octanol–water partition coefficient (Wildman–Crippen LogP) is 6.02. The van der Waals surface area contributed by atoms with Gasteiger partial charge in [-0.05, 0) is 45.4 Å². The average Bonchev–Trinajstić information content (AvgIpc) is 2.49. The first-order valence-corrected chi connectivity index (χ1v) is 7.04. The van der Waals surface area contributed by atoms with Crippen LogP contribution in [0.2, 0.25) is 0 Å². The molecule has 0 aromatic heterocycles. The SMILES string of the molecule is C.C=C(C)C.CC(C)(OO)c1ccccc1.Oc1ccccc1. The summed E-state index contributed by atoms with van der Waals surface area (Å²) in [6.07, 6.45) is 0. The van der Waals surface area contributed by atoms with Gasteiger partial charge in [-0.1, -0.05) is 61.5 Å². The number of phenolic OH excluding ortho intramolecular Hbond substituents is 1. The molecule has 2 aromatic rings. The maximum atomic E-state index is 8.63. The Hall–Kier alpha value is -2.10. The summed E-state index contributed by atoms with van der Waals surface area (Å²) in [6, 6.07) is 18.3. The Morgan fingerprint density at radius 3 is 1.52 bits per heavy atom. The molecule has 0 bridgehead atoms. The van der Waals surface area contributed by atoms with Gasteiger partial charge in [0.25, 0.3) is 0 Å². The summed E-state index contributed by atoms with van der Waals surface area (Å²) in [5, 5.41) is 17.2. The van der Waals surface area contributed by atoms with E-state index in [1.165, 1.54) is 5.57 Å². The third-order valence-electron chi connectivity index (χ3n) is 2.45. The molecule has 2 rings (SSSR count). The molecule has 0 saturated heterocycles. The lowest BCUT2D eigenvalue weighted by Crippen LogP contribution is -2.19. The van der Waals surface area contributed by atoms with E-state index < -0.39 is 5.60 Å². The number of benzene rings is 2. The summed E-state index contributed by atoms with van der Waals surface area (Å²) in [4.78, 5) is 4.32. The first-order valence-electron chi connectivity index (χ1n) is 7.04. The molecule has 0 amide bonds. The highest BCUT2D eigenvalue weighted by Crippen LogP contribution is 2.22. The number of para-hydroxylation sites is 1. The van der Waals surface area contributed by atoms with Crippen molar-refractivity contribution in [2.75, 3.05) is 0 Å². The molecule has 0 aliphatic heterocycles. The van der Waals surface area contributed by atoms with Crippen LogP contribution in [0.3, 0.4) is 0 Å². The van der Waals surface area contributed by atoms with E-state index in [0.29, 0.717) is 5.75 Å². The van der Waals surface area contributed by atoms with Crippen molar-refractivity contribution in [1.29, 1.82) is 0 Å². The van der Waals surface area contributed by atoms with Crippen LogP contribution in [0.5, 0.6) is 5.75 Å². The number of phenols is 1. The van der Waals surface area contributed by atoms with Crippen molar-refractivity contribution in [2.45, 2.75) is 40.7 Å². The van der Waals surface area contributed by atoms with Crippen molar-refractivity contribution >= 4 is 0 Å². The highest BCUT2D eigenvalue weighted by molar-refractivity contribution is 5.20. The molecule has 0 saturated carbocycles. The average molecular weight is 318 g/mol. The Morgan fingerprint density at radius 1 is 0.913 bits per heavy atom. The monoisotopic (exact) mass is 318 g/mol. The van der Waals surface area contributed by atoms with Gasteiger partial charge in [-0.3, -0.25) is 5.26 Å². The number of allylic oxidation sites excluding steroid dienone is 1. The van der Waals surface area contributed by atoms with Crippen molar-refractivity contribution in [3.05, 3.63) is 78.4 Å². The third-order valence-corrected chi connectivity index (χ3v) is 2.45. The van der Waals surface area contributed by atoms with Crippen molar-refractivity contribution in [1.82, 2.24) is 0 Å². The lowest BCUT2D eigenvalue weighted by Gasteiger charge is -2.20. The quantitative estimate of drug-likeness (QED) is 0.404. The van der Waals surface area contributed by atoms with Gasteiger partial charge in [-0.2, -0.15) is 0 Å². The lowest BCUT2D eigenvalue weighted by molar-refractivity contribution is -0.318. The normalized spacial score (nSPS) is 9.26. The second kappa shape index (κ2) is 12.4. The van der Waals surface area contributed by atoms with Gasteiger partial charge in [-0.25, -0.2) is 4.89 Å². The van der Waals surface area contributed by atoms with Crippen LogP contribution in [0, 0.1) is 0 Å². The second-order valence-electron chi connectivity index (χ2n) is 5.51. The van der Waals surface area contributed by atoms with E-state index in [1.807, 2.05) is 64.1 Å². The molecule has 3 nitrogen and oxygen atoms in total. The van der Waals surface area contributed by atoms with Crippen LogP contribution in [-0.2, 0) is 10.5 Å². The topological polar surface area (TPSA) is 49.7 Å². The fraction of sp³-hybridized carbons (Fsp3) is 0.300. The Kier molecular flexibility index (Phi) is 12.5. The summed E-state index contributed by atoms with van der Waals surface area (Å²) in [5.41, 5.74) is 1.52. The molecule has 0 fully saturated rings. The minimum atomic E-state index is -0.610. The molecular formula is C20H30O3. The molecule has 128 valence electrons. The molecule has 2 aromatic carbocycles. The van der Waals surface area contributed by atoms with Crippen LogP contribution in [0.4, 0.5) is 0 Å². The van der Waals surface area contributed by atoms with Crippen molar-refractivity contribution in [2.24, 2.45) is 0 Å². The molecule has 0 spiro atoms. The largest absolute Gasteiger partial charge is 0.508 e. The van der Waals surface area contributed by atoms with Crippen LogP contribution in [0.15, 0.2) is 72.8 Å². The van der Waals surface area contributed by atoms with E-state index in [-0.39, 0.29) is 7.43 Å². The standard InChI is InChI=1S/C9H12O2.C6H6O.C4H8.CH4/c1-9(2,11-10)8-6-4-3-5-7-8;7-6-4-2-1-3-5-6;1-4(2)3;/h3-7,10H,1-2H3;1-5,7H;1H2,2-3H3;1H4. The Morgan fingerprint density at radius 2 is 1.26 bits per heavy atom. The number of hydrogen-bond acceptors (Lipinski definition) is 3. The van der Waals surface area contributed by atoms with Gasteiger partial charge in [0.15, 0.2) is 0 Å². The van der Waals surface area contributed by atoms with E-state index in [2.05, 4.69) is 11.5 Å². The zero-order chi connectivity index (χ0) is 17.0. The summed E-state index contributed by atoms with van der Waals surface area (Å²) in [6.45, 7) is 11.1. The van der Waals surface area contributed by atoms with Gasteiger partial charge in [0, 0.05) is 0 Å². The van der Waals surface area contributed by atoms with Crippen LogP contribution in [0.1, 0.15) is 40.7 Å². The van der Waals surface area contributed by atoms with Gasteiger partial charge < -0.3 is 5.11 Å². The van der Waals surface area contributed by atoms with Crippen LogP contribution >= 0.6 is 0 Å². The van der Waals surface area contributed by atoms with E-state index >= 15 is 0 Å². The second-order valence-corrected chi connectivity index (χ2v) is 5.51. The maximum Gasteiger partial charge on any atom is 0.123 e. The zero-order valence-electron chi connectivity index (χ0n) is 13.8. The molecule has 0 radical (unpaired) electrons. The Balaban J connectivity index is 0. The molecule has 2 N–H and O–H groups in total. The predicted molar refractivity (Wildman–Crippen MR) is 98.5 cm³/mol. The van der Waals surface area contributed by atoms with Crippen molar-refractivity contribution < 1.29 is 15.3 Å². The van der Waals surface area contributed by atoms with E-state index in [1.54, 1.807) is 24.3 Å². The molecule has 23 heavy (non-hydrogen) atoms.